The lowest BCUT2D eigenvalue weighted by Crippen LogP contribution is -2.35. The Hall–Kier alpha value is -1.50. The first kappa shape index (κ1) is 18.3. The molecule has 2 fully saturated rings. The van der Waals surface area contributed by atoms with Gasteiger partial charge in [0.2, 0.25) is 5.91 Å². The van der Waals surface area contributed by atoms with Crippen LogP contribution >= 0.6 is 23.7 Å². The number of fused-ring (bicyclic) bond motifs is 1. The van der Waals surface area contributed by atoms with Crippen LogP contribution in [0.4, 0.5) is 4.39 Å². The summed E-state index contributed by atoms with van der Waals surface area (Å²) in [7, 11) is 0. The summed E-state index contributed by atoms with van der Waals surface area (Å²) in [6.45, 7) is 4.49. The number of aryl methyl sites for hydroxylation is 1. The minimum absolute atomic E-state index is 0. The van der Waals surface area contributed by atoms with Crippen molar-refractivity contribution in [3.05, 3.63) is 51.7 Å². The summed E-state index contributed by atoms with van der Waals surface area (Å²) in [5, 5.41) is 6.33. The number of hydrogen-bond donors (Lipinski definition) is 1. The number of carbonyl (C=O) groups is 1. The van der Waals surface area contributed by atoms with Crippen molar-refractivity contribution >= 4 is 29.7 Å². The molecule has 1 aromatic carbocycles. The molecular formula is C18H21ClFN3OS. The van der Waals surface area contributed by atoms with Crippen molar-refractivity contribution in [2.24, 2.45) is 11.8 Å². The average Bonchev–Trinajstić information content (AvgIpc) is 3.22. The third-order valence-electron chi connectivity index (χ3n) is 5.07. The van der Waals surface area contributed by atoms with E-state index in [9.17, 15) is 9.18 Å². The number of rotatable bonds is 3. The number of thiazole rings is 1. The van der Waals surface area contributed by atoms with Crippen LogP contribution in [0.3, 0.4) is 0 Å². The molecule has 2 saturated heterocycles. The molecule has 1 N–H and O–H groups in total. The smallest absolute Gasteiger partial charge is 0.229 e. The second kappa shape index (κ2) is 7.40. The molecule has 4 nitrogen and oxygen atoms in total. The molecule has 1 amide bonds. The van der Waals surface area contributed by atoms with Crippen molar-refractivity contribution in [2.45, 2.75) is 19.4 Å². The number of amides is 1. The van der Waals surface area contributed by atoms with Crippen LogP contribution in [0.15, 0.2) is 29.6 Å². The van der Waals surface area contributed by atoms with Gasteiger partial charge < -0.3 is 10.2 Å². The molecule has 134 valence electrons. The van der Waals surface area contributed by atoms with Crippen LogP contribution < -0.4 is 5.32 Å². The van der Waals surface area contributed by atoms with Gasteiger partial charge in [0.05, 0.1) is 23.2 Å². The zero-order valence-electron chi connectivity index (χ0n) is 13.9. The van der Waals surface area contributed by atoms with Gasteiger partial charge in [0.25, 0.3) is 0 Å². The Kier molecular flexibility index (Phi) is 5.41. The van der Waals surface area contributed by atoms with E-state index in [1.165, 1.54) is 6.07 Å². The van der Waals surface area contributed by atoms with E-state index in [0.29, 0.717) is 18.3 Å². The van der Waals surface area contributed by atoms with E-state index < -0.39 is 0 Å². The first-order valence-corrected chi connectivity index (χ1v) is 9.16. The van der Waals surface area contributed by atoms with Gasteiger partial charge in [-0.15, -0.1) is 23.7 Å². The summed E-state index contributed by atoms with van der Waals surface area (Å²) >= 11 is 1.56. The van der Waals surface area contributed by atoms with Gasteiger partial charge in [0.15, 0.2) is 0 Å². The molecule has 0 bridgehead atoms. The van der Waals surface area contributed by atoms with E-state index in [4.69, 9.17) is 0 Å². The maximum atomic E-state index is 13.7. The first-order chi connectivity index (χ1) is 11.6. The molecule has 4 rings (SSSR count). The van der Waals surface area contributed by atoms with Crippen LogP contribution in [0, 0.1) is 24.6 Å². The number of nitrogens with one attached hydrogen (secondary N) is 1. The van der Waals surface area contributed by atoms with E-state index in [0.717, 1.165) is 35.9 Å². The van der Waals surface area contributed by atoms with Crippen molar-refractivity contribution < 1.29 is 9.18 Å². The topological polar surface area (TPSA) is 45.2 Å². The quantitative estimate of drug-likeness (QED) is 0.889. The van der Waals surface area contributed by atoms with Gasteiger partial charge in [-0.2, -0.15) is 0 Å². The highest BCUT2D eigenvalue weighted by Gasteiger charge is 2.46. The highest BCUT2D eigenvalue weighted by molar-refractivity contribution is 7.09. The van der Waals surface area contributed by atoms with Crippen molar-refractivity contribution in [1.29, 1.82) is 0 Å². The number of carbonyl (C=O) groups excluding carboxylic acids is 1. The molecule has 2 aromatic rings. The molecule has 7 heteroatoms. The van der Waals surface area contributed by atoms with E-state index in [1.807, 2.05) is 23.3 Å². The first-order valence-electron chi connectivity index (χ1n) is 8.28. The molecule has 2 aliphatic heterocycles. The number of hydrogen-bond acceptors (Lipinski definition) is 4. The summed E-state index contributed by atoms with van der Waals surface area (Å²) in [6.07, 6.45) is 0.322. The average molecular weight is 382 g/mol. The highest BCUT2D eigenvalue weighted by Crippen LogP contribution is 2.42. The van der Waals surface area contributed by atoms with Crippen molar-refractivity contribution in [3.8, 4) is 0 Å². The van der Waals surface area contributed by atoms with Gasteiger partial charge in [-0.1, -0.05) is 12.1 Å². The molecule has 0 aliphatic carbocycles. The van der Waals surface area contributed by atoms with Gasteiger partial charge >= 0.3 is 0 Å². The standard InChI is InChI=1S/C18H20FN3OS.ClH/c1-11-21-15(10-24-11)6-17(23)22-9-13-7-20-8-16(13)18(22)12-3-2-4-14(19)5-12;/h2-5,10,13,16,18,20H,6-9H2,1H3;1H/t13-,16-,18-;/m0./s1. The summed E-state index contributed by atoms with van der Waals surface area (Å²) in [5.74, 6) is 0.640. The molecule has 2 aliphatic rings. The Bertz CT molecular complexity index is 768. The molecule has 0 saturated carbocycles. The molecule has 0 unspecified atom stereocenters. The fourth-order valence-corrected chi connectivity index (χ4v) is 4.65. The molecule has 1 aromatic heterocycles. The minimum Gasteiger partial charge on any atom is -0.335 e. The van der Waals surface area contributed by atoms with Crippen molar-refractivity contribution in [2.75, 3.05) is 19.6 Å². The van der Waals surface area contributed by atoms with Gasteiger partial charge in [0.1, 0.15) is 5.82 Å². The predicted molar refractivity (Wildman–Crippen MR) is 98.5 cm³/mol. The maximum absolute atomic E-state index is 13.7. The third-order valence-corrected chi connectivity index (χ3v) is 5.90. The number of aromatic nitrogens is 1. The maximum Gasteiger partial charge on any atom is 0.229 e. The fourth-order valence-electron chi connectivity index (χ4n) is 4.04. The third kappa shape index (κ3) is 3.57. The normalized spacial score (nSPS) is 24.9. The Balaban J connectivity index is 0.00000182. The lowest BCUT2D eigenvalue weighted by Gasteiger charge is -2.28. The van der Waals surface area contributed by atoms with Crippen LogP contribution in [-0.2, 0) is 11.2 Å². The largest absolute Gasteiger partial charge is 0.335 e. The summed E-state index contributed by atoms with van der Waals surface area (Å²) in [5.41, 5.74) is 1.73. The van der Waals surface area contributed by atoms with E-state index in [-0.39, 0.29) is 30.2 Å². The van der Waals surface area contributed by atoms with Crippen molar-refractivity contribution in [3.63, 3.8) is 0 Å². The number of halogens is 2. The second-order valence-corrected chi connectivity index (χ2v) is 7.72. The molecule has 0 radical (unpaired) electrons. The summed E-state index contributed by atoms with van der Waals surface area (Å²) < 4.78 is 13.7. The van der Waals surface area contributed by atoms with Crippen LogP contribution in [0.2, 0.25) is 0 Å². The second-order valence-electron chi connectivity index (χ2n) is 6.66. The van der Waals surface area contributed by atoms with Gasteiger partial charge in [-0.3, -0.25) is 4.79 Å². The molecule has 25 heavy (non-hydrogen) atoms. The number of nitrogens with zero attached hydrogens (tertiary/aromatic N) is 2. The van der Waals surface area contributed by atoms with E-state index >= 15 is 0 Å². The Morgan fingerprint density at radius 1 is 1.44 bits per heavy atom. The lowest BCUT2D eigenvalue weighted by atomic mass is 9.89. The Morgan fingerprint density at radius 2 is 2.28 bits per heavy atom. The number of likely N-dealkylation sites (tertiary alicyclic amines) is 1. The van der Waals surface area contributed by atoms with Gasteiger partial charge in [-0.05, 0) is 30.5 Å². The van der Waals surface area contributed by atoms with E-state index in [1.54, 1.807) is 23.5 Å². The van der Waals surface area contributed by atoms with Gasteiger partial charge in [-0.25, -0.2) is 9.37 Å². The van der Waals surface area contributed by atoms with Crippen LogP contribution in [0.1, 0.15) is 22.3 Å². The predicted octanol–water partition coefficient (Wildman–Crippen LogP) is 2.97. The summed E-state index contributed by atoms with van der Waals surface area (Å²) in [6, 6.07) is 6.63. The van der Waals surface area contributed by atoms with Crippen LogP contribution in [0.25, 0.3) is 0 Å². The Labute approximate surface area is 156 Å². The zero-order chi connectivity index (χ0) is 16.7. The molecule has 3 atom stereocenters. The molecule has 0 spiro atoms. The molecule has 3 heterocycles. The Morgan fingerprint density at radius 3 is 3.00 bits per heavy atom. The highest BCUT2D eigenvalue weighted by atomic mass is 35.5. The van der Waals surface area contributed by atoms with Gasteiger partial charge in [0, 0.05) is 30.9 Å². The number of benzene rings is 1. The zero-order valence-corrected chi connectivity index (χ0v) is 15.6. The van der Waals surface area contributed by atoms with Crippen molar-refractivity contribution in [1.82, 2.24) is 15.2 Å². The SMILES string of the molecule is Cc1nc(CC(=O)N2C[C@@H]3CNC[C@@H]3[C@@H]2c2cccc(F)c2)cs1.Cl. The minimum atomic E-state index is -0.246. The van der Waals surface area contributed by atoms with Crippen LogP contribution in [0.5, 0.6) is 0 Å². The molecular weight excluding hydrogens is 361 g/mol. The fraction of sp³-hybridized carbons (Fsp3) is 0.444. The lowest BCUT2D eigenvalue weighted by molar-refractivity contribution is -0.132. The summed E-state index contributed by atoms with van der Waals surface area (Å²) in [4.78, 5) is 19.2. The van der Waals surface area contributed by atoms with Crippen LogP contribution in [-0.4, -0.2) is 35.4 Å². The monoisotopic (exact) mass is 381 g/mol. The van der Waals surface area contributed by atoms with E-state index in [2.05, 4.69) is 10.3 Å².